The van der Waals surface area contributed by atoms with E-state index >= 15 is 0 Å². The molecule has 0 radical (unpaired) electrons. The van der Waals surface area contributed by atoms with Crippen LogP contribution in [0, 0.1) is 0 Å². The first-order valence-corrected chi connectivity index (χ1v) is 3.71. The van der Waals surface area contributed by atoms with Gasteiger partial charge in [0.1, 0.15) is 0 Å². The molecule has 1 rings (SSSR count). The Morgan fingerprint density at radius 2 is 2.00 bits per heavy atom. The van der Waals surface area contributed by atoms with Crippen molar-refractivity contribution in [2.75, 3.05) is 0 Å². The molecule has 0 saturated carbocycles. The van der Waals surface area contributed by atoms with Crippen LogP contribution in [-0.2, 0) is 0 Å². The van der Waals surface area contributed by atoms with Crippen LogP contribution in [0.5, 0.6) is 0 Å². The lowest BCUT2D eigenvalue weighted by molar-refractivity contribution is 1.24. The maximum Gasteiger partial charge on any atom is 0.0993 e. The first-order valence-electron chi connectivity index (χ1n) is 3.71. The molecule has 58 valence electrons. The van der Waals surface area contributed by atoms with Crippen molar-refractivity contribution >= 4 is 11.5 Å². The Bertz CT molecular complexity index is 239. The second-order valence-corrected chi connectivity index (χ2v) is 2.29. The van der Waals surface area contributed by atoms with Crippen LogP contribution in [0.2, 0.25) is 0 Å². The second kappa shape index (κ2) is 3.76. The van der Waals surface area contributed by atoms with Gasteiger partial charge in [-0.3, -0.25) is 0 Å². The Morgan fingerprint density at radius 1 is 1.36 bits per heavy atom. The van der Waals surface area contributed by atoms with Gasteiger partial charge in [0.25, 0.3) is 0 Å². The lowest BCUT2D eigenvalue weighted by atomic mass is 10.3. The van der Waals surface area contributed by atoms with E-state index in [0.29, 0.717) is 5.84 Å². The van der Waals surface area contributed by atoms with E-state index in [4.69, 9.17) is 5.73 Å². The van der Waals surface area contributed by atoms with Crippen LogP contribution in [-0.4, -0.2) is 5.84 Å². The molecule has 0 unspecified atom stereocenters. The average Bonchev–Trinajstić information content (AvgIpc) is 2.06. The summed E-state index contributed by atoms with van der Waals surface area (Å²) in [4.78, 5) is 4.17. The summed E-state index contributed by atoms with van der Waals surface area (Å²) in [6.07, 6.45) is 0.800. The first-order chi connectivity index (χ1) is 5.33. The van der Waals surface area contributed by atoms with Crippen molar-refractivity contribution in [2.45, 2.75) is 13.3 Å². The Labute approximate surface area is 66.8 Å². The Morgan fingerprint density at radius 3 is 2.55 bits per heavy atom. The zero-order valence-electron chi connectivity index (χ0n) is 6.62. The first kappa shape index (κ1) is 7.79. The molecule has 0 fully saturated rings. The summed E-state index contributed by atoms with van der Waals surface area (Å²) in [5.41, 5.74) is 6.48. The molecule has 0 bridgehead atoms. The minimum atomic E-state index is 0.677. The number of rotatable bonds is 2. The maximum atomic E-state index is 5.55. The van der Waals surface area contributed by atoms with E-state index in [1.807, 2.05) is 37.3 Å². The topological polar surface area (TPSA) is 38.4 Å². The molecule has 0 heterocycles. The van der Waals surface area contributed by atoms with Gasteiger partial charge in [-0.15, -0.1) is 0 Å². The van der Waals surface area contributed by atoms with Gasteiger partial charge in [-0.2, -0.15) is 0 Å². The third-order valence-electron chi connectivity index (χ3n) is 1.39. The highest BCUT2D eigenvalue weighted by atomic mass is 14.8. The standard InChI is InChI=1S/C9H12N2/c1-2-9(10)11-8-6-4-3-5-7-8/h3-7H,2H2,1H3,(H2,10,11). The number of nitrogens with two attached hydrogens (primary N) is 1. The molecule has 2 nitrogen and oxygen atoms in total. The fourth-order valence-electron chi connectivity index (χ4n) is 0.747. The number of hydrogen-bond acceptors (Lipinski definition) is 1. The number of nitrogens with zero attached hydrogens (tertiary/aromatic N) is 1. The third-order valence-corrected chi connectivity index (χ3v) is 1.39. The van der Waals surface area contributed by atoms with Crippen molar-refractivity contribution < 1.29 is 0 Å². The summed E-state index contributed by atoms with van der Waals surface area (Å²) >= 11 is 0. The summed E-state index contributed by atoms with van der Waals surface area (Å²) in [6.45, 7) is 1.99. The number of para-hydroxylation sites is 1. The predicted molar refractivity (Wildman–Crippen MR) is 48.0 cm³/mol. The monoisotopic (exact) mass is 148 g/mol. The van der Waals surface area contributed by atoms with Crippen LogP contribution >= 0.6 is 0 Å². The highest BCUT2D eigenvalue weighted by molar-refractivity contribution is 5.82. The van der Waals surface area contributed by atoms with Crippen LogP contribution in [0.3, 0.4) is 0 Å². The quantitative estimate of drug-likeness (QED) is 0.506. The van der Waals surface area contributed by atoms with Gasteiger partial charge in [-0.05, 0) is 12.1 Å². The van der Waals surface area contributed by atoms with Gasteiger partial charge in [-0.25, -0.2) is 4.99 Å². The normalized spacial score (nSPS) is 11.5. The molecule has 2 heteroatoms. The van der Waals surface area contributed by atoms with Gasteiger partial charge in [0, 0.05) is 6.42 Å². The highest BCUT2D eigenvalue weighted by Crippen LogP contribution is 2.09. The minimum absolute atomic E-state index is 0.677. The predicted octanol–water partition coefficient (Wildman–Crippen LogP) is 2.09. The van der Waals surface area contributed by atoms with E-state index < -0.39 is 0 Å². The molecule has 1 aromatic rings. The van der Waals surface area contributed by atoms with Gasteiger partial charge < -0.3 is 5.73 Å². The Kier molecular flexibility index (Phi) is 2.66. The molecule has 0 aliphatic rings. The van der Waals surface area contributed by atoms with Crippen LogP contribution in [0.1, 0.15) is 13.3 Å². The van der Waals surface area contributed by atoms with Crippen LogP contribution in [0.4, 0.5) is 5.69 Å². The van der Waals surface area contributed by atoms with Crippen molar-refractivity contribution in [1.82, 2.24) is 0 Å². The summed E-state index contributed by atoms with van der Waals surface area (Å²) in [7, 11) is 0. The number of hydrogen-bond donors (Lipinski definition) is 1. The van der Waals surface area contributed by atoms with Crippen LogP contribution in [0.25, 0.3) is 0 Å². The third kappa shape index (κ3) is 2.42. The van der Waals surface area contributed by atoms with Gasteiger partial charge in [-0.1, -0.05) is 25.1 Å². The summed E-state index contributed by atoms with van der Waals surface area (Å²) < 4.78 is 0. The van der Waals surface area contributed by atoms with Crippen LogP contribution < -0.4 is 5.73 Å². The molecular formula is C9H12N2. The van der Waals surface area contributed by atoms with E-state index in [9.17, 15) is 0 Å². The van der Waals surface area contributed by atoms with Gasteiger partial charge in [0.15, 0.2) is 0 Å². The summed E-state index contributed by atoms with van der Waals surface area (Å²) in [6, 6.07) is 9.72. The zero-order valence-corrected chi connectivity index (χ0v) is 6.62. The number of aliphatic imine (C=N–C) groups is 1. The lowest BCUT2D eigenvalue weighted by Gasteiger charge is -1.94. The highest BCUT2D eigenvalue weighted by Gasteiger charge is 1.87. The van der Waals surface area contributed by atoms with Crippen molar-refractivity contribution in [2.24, 2.45) is 10.7 Å². The number of benzene rings is 1. The molecule has 0 aliphatic carbocycles. The van der Waals surface area contributed by atoms with Gasteiger partial charge >= 0.3 is 0 Å². The van der Waals surface area contributed by atoms with Gasteiger partial charge in [0.05, 0.1) is 11.5 Å². The van der Waals surface area contributed by atoms with Crippen molar-refractivity contribution in [3.63, 3.8) is 0 Å². The van der Waals surface area contributed by atoms with E-state index in [0.717, 1.165) is 12.1 Å². The molecule has 11 heavy (non-hydrogen) atoms. The fraction of sp³-hybridized carbons (Fsp3) is 0.222. The lowest BCUT2D eigenvalue weighted by Crippen LogP contribution is -2.08. The Balaban J connectivity index is 2.79. The second-order valence-electron chi connectivity index (χ2n) is 2.29. The largest absolute Gasteiger partial charge is 0.387 e. The molecule has 2 N–H and O–H groups in total. The van der Waals surface area contributed by atoms with Crippen molar-refractivity contribution in [1.29, 1.82) is 0 Å². The molecular weight excluding hydrogens is 136 g/mol. The average molecular weight is 148 g/mol. The van der Waals surface area contributed by atoms with E-state index in [2.05, 4.69) is 4.99 Å². The van der Waals surface area contributed by atoms with E-state index in [1.54, 1.807) is 0 Å². The Hall–Kier alpha value is -1.31. The fourth-order valence-corrected chi connectivity index (χ4v) is 0.747. The van der Waals surface area contributed by atoms with Crippen molar-refractivity contribution in [3.05, 3.63) is 30.3 Å². The maximum absolute atomic E-state index is 5.55. The molecule has 0 aromatic heterocycles. The summed E-state index contributed by atoms with van der Waals surface area (Å²) in [5, 5.41) is 0. The molecule has 1 aromatic carbocycles. The van der Waals surface area contributed by atoms with Crippen molar-refractivity contribution in [3.8, 4) is 0 Å². The molecule has 0 spiro atoms. The molecule has 0 saturated heterocycles. The number of amidine groups is 1. The minimum Gasteiger partial charge on any atom is -0.387 e. The molecule has 0 atom stereocenters. The van der Waals surface area contributed by atoms with E-state index in [1.165, 1.54) is 0 Å². The SMILES string of the molecule is CCC(N)=Nc1ccccc1. The van der Waals surface area contributed by atoms with Crippen LogP contribution in [0.15, 0.2) is 35.3 Å². The molecule has 0 aliphatic heterocycles. The van der Waals surface area contributed by atoms with E-state index in [-0.39, 0.29) is 0 Å². The smallest absolute Gasteiger partial charge is 0.0993 e. The van der Waals surface area contributed by atoms with Gasteiger partial charge in [0.2, 0.25) is 0 Å². The summed E-state index contributed by atoms with van der Waals surface area (Å²) in [5.74, 6) is 0.677. The molecule has 0 amide bonds. The zero-order chi connectivity index (χ0) is 8.10.